The third kappa shape index (κ3) is 4.33. The molecule has 1 aromatic heterocycles. The van der Waals surface area contributed by atoms with E-state index in [9.17, 15) is 9.59 Å². The van der Waals surface area contributed by atoms with Crippen LogP contribution in [0, 0.1) is 0 Å². The molecule has 2 heterocycles. The molecule has 0 fully saturated rings. The standard InChI is InChI=1S/C23H22ClN3O4S/c1-27-21-20(22(29)26-23(27)32-12-13-5-4-6-14(24)9-13)17(11-19(28)25-21)16-8-7-15(30-2)10-18(16)31-3/h4-10,17H,11-12H2,1-3H3,(H,25,28). The first-order valence-corrected chi connectivity index (χ1v) is 11.3. The largest absolute Gasteiger partial charge is 0.497 e. The van der Waals surface area contributed by atoms with Crippen LogP contribution in [0.1, 0.15) is 29.0 Å². The van der Waals surface area contributed by atoms with E-state index >= 15 is 0 Å². The molecular formula is C23H22ClN3O4S. The second kappa shape index (κ2) is 9.26. The number of fused-ring (bicyclic) bond motifs is 1. The van der Waals surface area contributed by atoms with Crippen LogP contribution in [0.3, 0.4) is 0 Å². The minimum atomic E-state index is -0.474. The molecule has 3 aromatic rings. The summed E-state index contributed by atoms with van der Waals surface area (Å²) in [4.78, 5) is 30.1. The molecular weight excluding hydrogens is 450 g/mol. The zero-order valence-corrected chi connectivity index (χ0v) is 19.4. The van der Waals surface area contributed by atoms with Gasteiger partial charge in [-0.25, -0.2) is 0 Å². The van der Waals surface area contributed by atoms with Crippen LogP contribution in [-0.4, -0.2) is 29.7 Å². The Bertz CT molecular complexity index is 1240. The number of rotatable bonds is 6. The Morgan fingerprint density at radius 1 is 1.19 bits per heavy atom. The van der Waals surface area contributed by atoms with Gasteiger partial charge in [0.15, 0.2) is 5.16 Å². The van der Waals surface area contributed by atoms with Crippen LogP contribution in [0.25, 0.3) is 0 Å². The fourth-order valence-electron chi connectivity index (χ4n) is 3.81. The molecule has 7 nitrogen and oxygen atoms in total. The van der Waals surface area contributed by atoms with Crippen molar-refractivity contribution < 1.29 is 14.3 Å². The average Bonchev–Trinajstić information content (AvgIpc) is 2.79. The van der Waals surface area contributed by atoms with Crippen molar-refractivity contribution in [1.82, 2.24) is 9.55 Å². The molecule has 1 N–H and O–H groups in total. The maximum Gasteiger partial charge on any atom is 0.279 e. The summed E-state index contributed by atoms with van der Waals surface area (Å²) in [5.74, 6) is 1.58. The summed E-state index contributed by atoms with van der Waals surface area (Å²) in [5, 5.41) is 4.02. The monoisotopic (exact) mass is 471 g/mol. The van der Waals surface area contributed by atoms with E-state index in [1.54, 1.807) is 38.0 Å². The van der Waals surface area contributed by atoms with Crippen molar-refractivity contribution in [2.75, 3.05) is 19.5 Å². The average molecular weight is 472 g/mol. The number of hydrogen-bond donors (Lipinski definition) is 1. The van der Waals surface area contributed by atoms with Gasteiger partial charge in [-0.05, 0) is 23.8 Å². The van der Waals surface area contributed by atoms with Crippen LogP contribution in [0.2, 0.25) is 5.02 Å². The van der Waals surface area contributed by atoms with Gasteiger partial charge < -0.3 is 19.4 Å². The molecule has 0 spiro atoms. The van der Waals surface area contributed by atoms with E-state index in [-0.39, 0.29) is 17.9 Å². The van der Waals surface area contributed by atoms with E-state index in [1.165, 1.54) is 11.8 Å². The lowest BCUT2D eigenvalue weighted by Crippen LogP contribution is -2.33. The van der Waals surface area contributed by atoms with Gasteiger partial charge in [0.25, 0.3) is 5.56 Å². The van der Waals surface area contributed by atoms with Gasteiger partial charge in [0, 0.05) is 41.8 Å². The maximum atomic E-state index is 13.1. The Morgan fingerprint density at radius 2 is 2.00 bits per heavy atom. The third-order valence-electron chi connectivity index (χ3n) is 5.37. The lowest BCUT2D eigenvalue weighted by Gasteiger charge is -2.28. The van der Waals surface area contributed by atoms with E-state index in [4.69, 9.17) is 21.1 Å². The molecule has 0 bridgehead atoms. The number of ether oxygens (including phenoxy) is 2. The Labute approximate surface area is 194 Å². The number of carbonyl (C=O) groups is 1. The number of aromatic nitrogens is 2. The fourth-order valence-corrected chi connectivity index (χ4v) is 4.93. The minimum Gasteiger partial charge on any atom is -0.497 e. The van der Waals surface area contributed by atoms with Crippen molar-refractivity contribution in [2.24, 2.45) is 7.05 Å². The Hall–Kier alpha value is -2.97. The van der Waals surface area contributed by atoms with E-state index in [0.717, 1.165) is 11.1 Å². The predicted molar refractivity (Wildman–Crippen MR) is 125 cm³/mol. The van der Waals surface area contributed by atoms with Gasteiger partial charge in [0.1, 0.15) is 17.3 Å². The van der Waals surface area contributed by atoms with Crippen molar-refractivity contribution >= 4 is 35.1 Å². The number of carbonyl (C=O) groups excluding carboxylic acids is 1. The number of amides is 1. The van der Waals surface area contributed by atoms with Crippen LogP contribution in [-0.2, 0) is 17.6 Å². The van der Waals surface area contributed by atoms with Gasteiger partial charge in [-0.1, -0.05) is 41.6 Å². The van der Waals surface area contributed by atoms with Gasteiger partial charge >= 0.3 is 0 Å². The molecule has 166 valence electrons. The lowest BCUT2D eigenvalue weighted by molar-refractivity contribution is -0.116. The molecule has 1 amide bonds. The normalized spacial score (nSPS) is 15.1. The second-order valence-electron chi connectivity index (χ2n) is 7.35. The number of anilines is 1. The van der Waals surface area contributed by atoms with Crippen LogP contribution >= 0.6 is 23.4 Å². The Morgan fingerprint density at radius 3 is 2.72 bits per heavy atom. The van der Waals surface area contributed by atoms with Crippen LogP contribution in [0.15, 0.2) is 52.4 Å². The highest BCUT2D eigenvalue weighted by Crippen LogP contribution is 2.40. The smallest absolute Gasteiger partial charge is 0.279 e. The SMILES string of the molecule is COc1ccc(C2CC(=O)Nc3c2c(=O)nc(SCc2cccc(Cl)c2)n3C)c(OC)c1. The predicted octanol–water partition coefficient (Wildman–Crippen LogP) is 4.22. The van der Waals surface area contributed by atoms with Gasteiger partial charge in [-0.2, -0.15) is 4.98 Å². The molecule has 1 aliphatic heterocycles. The van der Waals surface area contributed by atoms with Crippen LogP contribution < -0.4 is 20.3 Å². The minimum absolute atomic E-state index is 0.127. The van der Waals surface area contributed by atoms with Gasteiger partial charge in [-0.15, -0.1) is 0 Å². The van der Waals surface area contributed by atoms with Gasteiger partial charge in [-0.3, -0.25) is 9.59 Å². The maximum absolute atomic E-state index is 13.1. The molecule has 32 heavy (non-hydrogen) atoms. The first kappa shape index (κ1) is 22.2. The number of thioether (sulfide) groups is 1. The van der Waals surface area contributed by atoms with Crippen molar-refractivity contribution in [1.29, 1.82) is 0 Å². The highest BCUT2D eigenvalue weighted by molar-refractivity contribution is 7.98. The summed E-state index contributed by atoms with van der Waals surface area (Å²) in [6, 6.07) is 12.9. The number of benzene rings is 2. The highest BCUT2D eigenvalue weighted by Gasteiger charge is 2.33. The number of methoxy groups -OCH3 is 2. The first-order chi connectivity index (χ1) is 15.4. The molecule has 0 saturated heterocycles. The highest BCUT2D eigenvalue weighted by atomic mass is 35.5. The van der Waals surface area contributed by atoms with Crippen molar-refractivity contribution in [3.05, 3.63) is 74.5 Å². The second-order valence-corrected chi connectivity index (χ2v) is 8.73. The third-order valence-corrected chi connectivity index (χ3v) is 6.71. The molecule has 0 radical (unpaired) electrons. The van der Waals surface area contributed by atoms with Crippen molar-refractivity contribution in [2.45, 2.75) is 23.2 Å². The molecule has 2 aromatic carbocycles. The molecule has 4 rings (SSSR count). The van der Waals surface area contributed by atoms with E-state index in [0.29, 0.717) is 38.8 Å². The number of hydrogen-bond acceptors (Lipinski definition) is 6. The quantitative estimate of drug-likeness (QED) is 0.428. The summed E-state index contributed by atoms with van der Waals surface area (Å²) < 4.78 is 12.6. The van der Waals surface area contributed by atoms with E-state index in [1.807, 2.05) is 30.3 Å². The Kier molecular flexibility index (Phi) is 6.43. The fraction of sp³-hybridized carbons (Fsp3) is 0.261. The van der Waals surface area contributed by atoms with E-state index in [2.05, 4.69) is 10.3 Å². The summed E-state index contributed by atoms with van der Waals surface area (Å²) in [7, 11) is 4.91. The van der Waals surface area contributed by atoms with Crippen LogP contribution in [0.4, 0.5) is 5.82 Å². The Balaban J connectivity index is 1.74. The van der Waals surface area contributed by atoms with Gasteiger partial charge in [0.2, 0.25) is 5.91 Å². The van der Waals surface area contributed by atoms with Crippen LogP contribution in [0.5, 0.6) is 11.5 Å². The summed E-state index contributed by atoms with van der Waals surface area (Å²) in [6.07, 6.45) is 0.127. The number of nitrogens with zero attached hydrogens (tertiary/aromatic N) is 2. The molecule has 1 atom stereocenters. The molecule has 1 unspecified atom stereocenters. The molecule has 0 saturated carbocycles. The molecule has 9 heteroatoms. The summed E-state index contributed by atoms with van der Waals surface area (Å²) >= 11 is 7.47. The zero-order valence-electron chi connectivity index (χ0n) is 17.8. The molecule has 0 aliphatic carbocycles. The number of nitrogens with one attached hydrogen (secondary N) is 1. The van der Waals surface area contributed by atoms with Gasteiger partial charge in [0.05, 0.1) is 19.8 Å². The van der Waals surface area contributed by atoms with E-state index < -0.39 is 5.92 Å². The summed E-state index contributed by atoms with van der Waals surface area (Å²) in [5.41, 5.74) is 1.83. The van der Waals surface area contributed by atoms with Crippen molar-refractivity contribution in [3.8, 4) is 11.5 Å². The number of halogens is 1. The van der Waals surface area contributed by atoms with Crippen molar-refractivity contribution in [3.63, 3.8) is 0 Å². The summed E-state index contributed by atoms with van der Waals surface area (Å²) in [6.45, 7) is 0. The first-order valence-electron chi connectivity index (χ1n) is 9.91. The lowest BCUT2D eigenvalue weighted by atomic mass is 9.86. The molecule has 1 aliphatic rings. The zero-order chi connectivity index (χ0) is 22.8. The topological polar surface area (TPSA) is 82.5 Å².